The van der Waals surface area contributed by atoms with Crippen molar-refractivity contribution in [1.82, 2.24) is 34.4 Å². The van der Waals surface area contributed by atoms with Gasteiger partial charge in [-0.3, -0.25) is 19.2 Å². The molecule has 46 heavy (non-hydrogen) atoms. The van der Waals surface area contributed by atoms with Gasteiger partial charge in [-0.15, -0.1) is 0 Å². The Kier molecular flexibility index (Phi) is 9.83. The number of β-amino-alcohol motifs (C(OH)–C–C–N with tert-alkyl or cyclic N) is 1. The molecule has 1 aromatic carbocycles. The van der Waals surface area contributed by atoms with E-state index >= 15 is 0 Å². The first-order valence-corrected chi connectivity index (χ1v) is 16.7. The summed E-state index contributed by atoms with van der Waals surface area (Å²) in [5, 5.41) is 19.0. The third-order valence-electron chi connectivity index (χ3n) is 9.64. The van der Waals surface area contributed by atoms with Gasteiger partial charge in [0.25, 0.3) is 11.8 Å². The maximum absolute atomic E-state index is 13.8. The molecule has 2 N–H and O–H groups in total. The van der Waals surface area contributed by atoms with Crippen LogP contribution in [-0.4, -0.2) is 108 Å². The van der Waals surface area contributed by atoms with E-state index in [0.29, 0.717) is 37.6 Å². The molecule has 2 saturated heterocycles. The number of amides is 2. The molecule has 3 aliphatic rings. The summed E-state index contributed by atoms with van der Waals surface area (Å²) >= 11 is 0. The Labute approximate surface area is 270 Å². The molecule has 0 aliphatic carbocycles. The number of ether oxygens (including phenoxy) is 1. The number of aliphatic hydroxyl groups is 1. The van der Waals surface area contributed by atoms with Gasteiger partial charge in [-0.2, -0.15) is 15.1 Å². The Morgan fingerprint density at radius 2 is 1.67 bits per heavy atom. The summed E-state index contributed by atoms with van der Waals surface area (Å²) < 4.78 is 7.75. The second-order valence-electron chi connectivity index (χ2n) is 12.7. The summed E-state index contributed by atoms with van der Waals surface area (Å²) in [6, 6.07) is 12.2. The van der Waals surface area contributed by atoms with Crippen molar-refractivity contribution >= 4 is 17.6 Å². The molecule has 0 bridgehead atoms. The topological polar surface area (TPSA) is 129 Å². The molecule has 2 fully saturated rings. The van der Waals surface area contributed by atoms with Crippen molar-refractivity contribution < 1.29 is 19.4 Å². The van der Waals surface area contributed by atoms with Crippen LogP contribution in [0.1, 0.15) is 78.1 Å². The average Bonchev–Trinajstić information content (AvgIpc) is 3.52. The van der Waals surface area contributed by atoms with Gasteiger partial charge in [0.1, 0.15) is 23.3 Å². The number of anilines is 1. The van der Waals surface area contributed by atoms with Gasteiger partial charge in [-0.1, -0.05) is 38.1 Å². The van der Waals surface area contributed by atoms with Crippen molar-refractivity contribution in [3.63, 3.8) is 0 Å². The first-order chi connectivity index (χ1) is 22.3. The van der Waals surface area contributed by atoms with E-state index in [-0.39, 0.29) is 48.3 Å². The zero-order chi connectivity index (χ0) is 32.2. The minimum atomic E-state index is -0.651. The van der Waals surface area contributed by atoms with Gasteiger partial charge >= 0.3 is 6.01 Å². The van der Waals surface area contributed by atoms with E-state index in [0.717, 1.165) is 45.2 Å². The van der Waals surface area contributed by atoms with E-state index in [1.54, 1.807) is 35.0 Å². The second-order valence-corrected chi connectivity index (χ2v) is 12.7. The van der Waals surface area contributed by atoms with Crippen LogP contribution < -0.4 is 10.1 Å². The summed E-state index contributed by atoms with van der Waals surface area (Å²) in [5.41, 5.74) is 3.39. The van der Waals surface area contributed by atoms with E-state index in [2.05, 4.69) is 63.4 Å². The molecule has 6 rings (SSSR count). The van der Waals surface area contributed by atoms with Crippen LogP contribution in [0.2, 0.25) is 0 Å². The van der Waals surface area contributed by atoms with Gasteiger partial charge in [0.05, 0.1) is 6.10 Å². The fraction of sp³-hybridized carbons (Fsp3) is 0.559. The number of fused-ring (bicyclic) bond motifs is 1. The Balaban J connectivity index is 1.11. The number of aromatic nitrogens is 4. The zero-order valence-electron chi connectivity index (χ0n) is 27.1. The van der Waals surface area contributed by atoms with Crippen molar-refractivity contribution in [2.45, 2.75) is 83.2 Å². The van der Waals surface area contributed by atoms with Crippen LogP contribution >= 0.6 is 0 Å². The Bertz CT molecular complexity index is 1520. The molecule has 12 nitrogen and oxygen atoms in total. The Morgan fingerprint density at radius 1 is 0.957 bits per heavy atom. The van der Waals surface area contributed by atoms with Crippen LogP contribution in [0.5, 0.6) is 6.01 Å². The summed E-state index contributed by atoms with van der Waals surface area (Å²) in [4.78, 5) is 41.8. The maximum Gasteiger partial charge on any atom is 0.319 e. The first-order valence-electron chi connectivity index (χ1n) is 16.7. The third-order valence-corrected chi connectivity index (χ3v) is 9.64. The summed E-state index contributed by atoms with van der Waals surface area (Å²) in [6.45, 7) is 7.80. The number of aliphatic hydroxyl groups excluding tert-OH is 1. The lowest BCUT2D eigenvalue weighted by Gasteiger charge is -2.43. The average molecular weight is 631 g/mol. The van der Waals surface area contributed by atoms with Crippen molar-refractivity contribution in [2.75, 3.05) is 38.0 Å². The van der Waals surface area contributed by atoms with Crippen LogP contribution in [0.4, 0.5) is 5.82 Å². The molecule has 0 unspecified atom stereocenters. The number of hydrogen-bond donors (Lipinski definition) is 2. The lowest BCUT2D eigenvalue weighted by atomic mass is 9.94. The lowest BCUT2D eigenvalue weighted by Crippen LogP contribution is -2.56. The molecule has 0 saturated carbocycles. The standard InChI is InChI=1S/C34H46N8O4/c1-4-26(5-2)46-34-36-28(20-31(37-34)35-25-11-17-40(18-12-25)32(44)27-13-15-39(3)38-27)33(45)42-19-14-29(30(43)22-42)41-16-10-23-8-6-7-9-24(23)21-41/h6-9,13,15,20,25-26,29-30,43H,4-5,10-12,14,16-19,21-22H2,1-3H3,(H,35,36,37)/t29-,30-/m1/s1. The summed E-state index contributed by atoms with van der Waals surface area (Å²) in [7, 11) is 1.80. The number of benzene rings is 1. The molecule has 3 aliphatic heterocycles. The molecule has 12 heteroatoms. The van der Waals surface area contributed by atoms with Crippen molar-refractivity contribution in [1.29, 1.82) is 0 Å². The number of aryl methyl sites for hydroxylation is 1. The molecule has 246 valence electrons. The Morgan fingerprint density at radius 3 is 2.37 bits per heavy atom. The summed E-state index contributed by atoms with van der Waals surface area (Å²) in [6.07, 6.45) is 5.77. The normalized spacial score (nSPS) is 20.9. The van der Waals surface area contributed by atoms with Crippen LogP contribution in [0, 0.1) is 0 Å². The monoisotopic (exact) mass is 630 g/mol. The van der Waals surface area contributed by atoms with E-state index < -0.39 is 6.10 Å². The van der Waals surface area contributed by atoms with E-state index in [4.69, 9.17) is 4.74 Å². The predicted molar refractivity (Wildman–Crippen MR) is 174 cm³/mol. The molecule has 2 atom stereocenters. The molecule has 2 amide bonds. The minimum Gasteiger partial charge on any atom is -0.460 e. The predicted octanol–water partition coefficient (Wildman–Crippen LogP) is 3.13. The van der Waals surface area contributed by atoms with Gasteiger partial charge in [-0.05, 0) is 55.7 Å². The van der Waals surface area contributed by atoms with E-state index in [1.807, 2.05) is 4.90 Å². The number of likely N-dealkylation sites (tertiary alicyclic amines) is 2. The number of piperidine rings is 2. The number of nitrogens with zero attached hydrogens (tertiary/aromatic N) is 7. The highest BCUT2D eigenvalue weighted by molar-refractivity contribution is 5.93. The van der Waals surface area contributed by atoms with Crippen molar-refractivity contribution in [2.24, 2.45) is 7.05 Å². The fourth-order valence-electron chi connectivity index (χ4n) is 6.89. The van der Waals surface area contributed by atoms with Gasteiger partial charge in [0, 0.05) is 70.7 Å². The minimum absolute atomic E-state index is 0.00390. The van der Waals surface area contributed by atoms with Crippen molar-refractivity contribution in [3.8, 4) is 6.01 Å². The van der Waals surface area contributed by atoms with Gasteiger partial charge in [0.15, 0.2) is 0 Å². The maximum atomic E-state index is 13.8. The lowest BCUT2D eigenvalue weighted by molar-refractivity contribution is -0.0139. The van der Waals surface area contributed by atoms with Gasteiger partial charge < -0.3 is 25.0 Å². The number of carbonyl (C=O) groups is 2. The van der Waals surface area contributed by atoms with Crippen LogP contribution in [0.3, 0.4) is 0 Å². The fourth-order valence-corrected chi connectivity index (χ4v) is 6.89. The zero-order valence-corrected chi connectivity index (χ0v) is 27.1. The van der Waals surface area contributed by atoms with E-state index in [1.165, 1.54) is 11.1 Å². The highest BCUT2D eigenvalue weighted by atomic mass is 16.5. The number of carbonyl (C=O) groups excluding carboxylic acids is 2. The van der Waals surface area contributed by atoms with Crippen LogP contribution in [-0.2, 0) is 20.0 Å². The number of nitrogens with one attached hydrogen (secondary N) is 1. The SMILES string of the molecule is CCC(CC)Oc1nc(NC2CCN(C(=O)c3ccn(C)n3)CC2)cc(C(=O)N2CC[C@@H](N3CCc4ccccc4C3)[C@H](O)C2)n1. The molecule has 0 radical (unpaired) electrons. The van der Waals surface area contributed by atoms with Gasteiger partial charge in [-0.25, -0.2) is 0 Å². The Hall–Kier alpha value is -4.03. The molecule has 2 aromatic heterocycles. The first kappa shape index (κ1) is 31.9. The molecular weight excluding hydrogens is 584 g/mol. The van der Waals surface area contributed by atoms with Crippen molar-refractivity contribution in [3.05, 3.63) is 65.1 Å². The van der Waals surface area contributed by atoms with Gasteiger partial charge in [0.2, 0.25) is 0 Å². The molecule has 3 aromatic rings. The highest BCUT2D eigenvalue weighted by Crippen LogP contribution is 2.27. The number of hydrogen-bond acceptors (Lipinski definition) is 9. The second kappa shape index (κ2) is 14.2. The van der Waals surface area contributed by atoms with Crippen LogP contribution in [0.15, 0.2) is 42.6 Å². The molecule has 5 heterocycles. The smallest absolute Gasteiger partial charge is 0.319 e. The van der Waals surface area contributed by atoms with E-state index in [9.17, 15) is 14.7 Å². The molecule has 0 spiro atoms. The summed E-state index contributed by atoms with van der Waals surface area (Å²) in [5.74, 6) is 0.222. The molecular formula is C34H46N8O4. The quantitative estimate of drug-likeness (QED) is 0.367. The third kappa shape index (κ3) is 7.18. The highest BCUT2D eigenvalue weighted by Gasteiger charge is 2.36. The largest absolute Gasteiger partial charge is 0.460 e. The number of rotatable bonds is 9. The van der Waals surface area contributed by atoms with Crippen LogP contribution in [0.25, 0.3) is 0 Å².